The first-order valence-corrected chi connectivity index (χ1v) is 6.48. The molecule has 0 fully saturated rings. The second-order valence-electron chi connectivity index (χ2n) is 3.89. The monoisotopic (exact) mass is 297 g/mol. The van der Waals surface area contributed by atoms with Gasteiger partial charge >= 0.3 is 11.2 Å². The number of hydrogen-bond acceptors (Lipinski definition) is 2. The molecule has 0 saturated carbocycles. The molecule has 0 aliphatic heterocycles. The molecule has 20 heavy (non-hydrogen) atoms. The average molecular weight is 297 g/mol. The molecule has 1 N–H and O–H groups in total. The van der Waals surface area contributed by atoms with Gasteiger partial charge in [0.2, 0.25) is 0 Å². The first-order valence-electron chi connectivity index (χ1n) is 5.66. The van der Waals surface area contributed by atoms with E-state index in [0.717, 1.165) is 12.1 Å². The number of rotatable bonds is 4. The summed E-state index contributed by atoms with van der Waals surface area (Å²) in [5, 5.41) is -1.56. The summed E-state index contributed by atoms with van der Waals surface area (Å²) in [5.41, 5.74) is 0.115. The minimum absolute atomic E-state index is 0.115. The summed E-state index contributed by atoms with van der Waals surface area (Å²) >= 11 is 0.157. The summed E-state index contributed by atoms with van der Waals surface area (Å²) < 4.78 is 40.2. The summed E-state index contributed by atoms with van der Waals surface area (Å²) in [6.45, 7) is 0. The number of halogens is 3. The summed E-state index contributed by atoms with van der Waals surface area (Å²) in [4.78, 5) is 11.8. The van der Waals surface area contributed by atoms with Crippen molar-refractivity contribution in [3.05, 3.63) is 60.4 Å². The molecule has 2 rings (SSSR count). The largest absolute Gasteiger partial charge is 0.375 e. The lowest BCUT2D eigenvalue weighted by Crippen LogP contribution is -2.31. The van der Waals surface area contributed by atoms with Crippen molar-refractivity contribution >= 4 is 23.4 Å². The zero-order valence-electron chi connectivity index (χ0n) is 10.1. The predicted molar refractivity (Wildman–Crippen MR) is 72.3 cm³/mol. The van der Waals surface area contributed by atoms with Crippen LogP contribution < -0.4 is 5.32 Å². The van der Waals surface area contributed by atoms with Crippen molar-refractivity contribution in [3.8, 4) is 0 Å². The quantitative estimate of drug-likeness (QED) is 0.859. The van der Waals surface area contributed by atoms with Crippen LogP contribution in [0, 0.1) is 5.82 Å². The van der Waals surface area contributed by atoms with Crippen molar-refractivity contribution in [2.75, 3.05) is 5.32 Å². The van der Waals surface area contributed by atoms with Crippen LogP contribution in [0.25, 0.3) is 0 Å². The maximum atomic E-state index is 13.7. The van der Waals surface area contributed by atoms with Gasteiger partial charge in [-0.3, -0.25) is 4.79 Å². The van der Waals surface area contributed by atoms with Crippen LogP contribution >= 0.6 is 11.8 Å². The minimum Gasteiger partial charge on any atom is -0.320 e. The van der Waals surface area contributed by atoms with Gasteiger partial charge in [0.05, 0.1) is 0 Å². The highest BCUT2D eigenvalue weighted by Crippen LogP contribution is 2.36. The Labute approximate surface area is 118 Å². The minimum atomic E-state index is -3.62. The second kappa shape index (κ2) is 6.00. The third kappa shape index (κ3) is 3.77. The van der Waals surface area contributed by atoms with Gasteiger partial charge < -0.3 is 5.32 Å². The van der Waals surface area contributed by atoms with Crippen LogP contribution in [0.5, 0.6) is 0 Å². The van der Waals surface area contributed by atoms with E-state index in [1.54, 1.807) is 18.2 Å². The maximum absolute atomic E-state index is 13.7. The molecule has 0 atom stereocenters. The van der Waals surface area contributed by atoms with Crippen molar-refractivity contribution in [1.82, 2.24) is 0 Å². The van der Waals surface area contributed by atoms with Gasteiger partial charge in [-0.25, -0.2) is 4.39 Å². The molecular weight excluding hydrogens is 287 g/mol. The van der Waals surface area contributed by atoms with Crippen molar-refractivity contribution in [3.63, 3.8) is 0 Å². The second-order valence-corrected chi connectivity index (χ2v) is 5.08. The van der Waals surface area contributed by atoms with Crippen LogP contribution in [-0.4, -0.2) is 11.2 Å². The normalized spacial score (nSPS) is 11.2. The van der Waals surface area contributed by atoms with E-state index in [0.29, 0.717) is 0 Å². The fourth-order valence-electron chi connectivity index (χ4n) is 1.42. The van der Waals surface area contributed by atoms with Crippen molar-refractivity contribution in [2.45, 2.75) is 10.2 Å². The Morgan fingerprint density at radius 3 is 2.20 bits per heavy atom. The topological polar surface area (TPSA) is 29.1 Å². The van der Waals surface area contributed by atoms with E-state index in [4.69, 9.17) is 0 Å². The van der Waals surface area contributed by atoms with Gasteiger partial charge in [-0.1, -0.05) is 18.2 Å². The Morgan fingerprint density at radius 2 is 1.60 bits per heavy atom. The van der Waals surface area contributed by atoms with E-state index < -0.39 is 17.0 Å². The van der Waals surface area contributed by atoms with Crippen LogP contribution in [0.15, 0.2) is 59.5 Å². The van der Waals surface area contributed by atoms with Gasteiger partial charge in [0.15, 0.2) is 0 Å². The molecule has 0 radical (unpaired) electrons. The van der Waals surface area contributed by atoms with E-state index in [-0.39, 0.29) is 22.3 Å². The maximum Gasteiger partial charge on any atom is 0.375 e. The molecule has 0 aromatic heterocycles. The molecule has 104 valence electrons. The van der Waals surface area contributed by atoms with E-state index in [1.807, 2.05) is 0 Å². The summed E-state index contributed by atoms with van der Waals surface area (Å²) in [5.74, 6) is -1.95. The van der Waals surface area contributed by atoms with Gasteiger partial charge in [-0.2, -0.15) is 8.78 Å². The lowest BCUT2D eigenvalue weighted by atomic mass is 10.3. The molecule has 2 aromatic carbocycles. The Morgan fingerprint density at radius 1 is 1.00 bits per heavy atom. The molecule has 6 heteroatoms. The van der Waals surface area contributed by atoms with Crippen LogP contribution in [-0.2, 0) is 4.79 Å². The first-order chi connectivity index (χ1) is 9.47. The predicted octanol–water partition coefficient (Wildman–Crippen LogP) is 4.15. The van der Waals surface area contributed by atoms with E-state index >= 15 is 0 Å². The molecule has 1 amide bonds. The Kier molecular flexibility index (Phi) is 4.34. The lowest BCUT2D eigenvalue weighted by Gasteiger charge is -2.15. The van der Waals surface area contributed by atoms with Gasteiger partial charge in [0, 0.05) is 10.6 Å². The highest BCUT2D eigenvalue weighted by atomic mass is 32.2. The highest BCUT2D eigenvalue weighted by molar-refractivity contribution is 8.01. The SMILES string of the molecule is O=C(Nc1ccc(F)cc1)C(F)(F)Sc1ccccc1. The smallest absolute Gasteiger partial charge is 0.320 e. The number of carbonyl (C=O) groups excluding carboxylic acids is 1. The van der Waals surface area contributed by atoms with Gasteiger partial charge in [-0.15, -0.1) is 0 Å². The number of hydrogen-bond donors (Lipinski definition) is 1. The van der Waals surface area contributed by atoms with Crippen LogP contribution in [0.4, 0.5) is 18.9 Å². The summed E-state index contributed by atoms with van der Waals surface area (Å²) in [6, 6.07) is 12.5. The number of amides is 1. The van der Waals surface area contributed by atoms with Crippen molar-refractivity contribution < 1.29 is 18.0 Å². The van der Waals surface area contributed by atoms with Crippen LogP contribution in [0.3, 0.4) is 0 Å². The third-order valence-corrected chi connectivity index (χ3v) is 3.31. The zero-order chi connectivity index (χ0) is 14.6. The summed E-state index contributed by atoms with van der Waals surface area (Å²) in [7, 11) is 0. The van der Waals surface area contributed by atoms with Crippen LogP contribution in [0.1, 0.15) is 0 Å². The highest BCUT2D eigenvalue weighted by Gasteiger charge is 2.40. The molecule has 0 heterocycles. The standard InChI is InChI=1S/C14H10F3NOS/c15-10-6-8-11(9-7-10)18-13(19)14(16,17)20-12-4-2-1-3-5-12/h1-9H,(H,18,19). The molecule has 2 aromatic rings. The fraction of sp³-hybridized carbons (Fsp3) is 0.0714. The fourth-order valence-corrected chi connectivity index (χ4v) is 2.15. The van der Waals surface area contributed by atoms with Crippen molar-refractivity contribution in [1.29, 1.82) is 0 Å². The molecule has 2 nitrogen and oxygen atoms in total. The average Bonchev–Trinajstić information content (AvgIpc) is 2.42. The number of carbonyl (C=O) groups is 1. The molecule has 0 aliphatic carbocycles. The number of benzene rings is 2. The van der Waals surface area contributed by atoms with Crippen LogP contribution in [0.2, 0.25) is 0 Å². The third-order valence-electron chi connectivity index (χ3n) is 2.36. The summed E-state index contributed by atoms with van der Waals surface area (Å²) in [6.07, 6.45) is 0. The number of anilines is 1. The van der Waals surface area contributed by atoms with E-state index in [2.05, 4.69) is 5.32 Å². The van der Waals surface area contributed by atoms with E-state index in [1.165, 1.54) is 24.3 Å². The first kappa shape index (κ1) is 14.5. The van der Waals surface area contributed by atoms with Gasteiger partial charge in [-0.05, 0) is 48.2 Å². The Bertz CT molecular complexity index is 587. The number of thioether (sulfide) groups is 1. The molecule has 0 bridgehead atoms. The molecule has 0 saturated heterocycles. The van der Waals surface area contributed by atoms with Gasteiger partial charge in [0.25, 0.3) is 0 Å². The number of nitrogens with one attached hydrogen (secondary N) is 1. The van der Waals surface area contributed by atoms with E-state index in [9.17, 15) is 18.0 Å². The Balaban J connectivity index is 2.05. The number of alkyl halides is 2. The molecule has 0 unspecified atom stereocenters. The van der Waals surface area contributed by atoms with Gasteiger partial charge in [0.1, 0.15) is 5.82 Å². The molecule has 0 spiro atoms. The molecular formula is C14H10F3NOS. The van der Waals surface area contributed by atoms with Crippen molar-refractivity contribution in [2.24, 2.45) is 0 Å². The lowest BCUT2D eigenvalue weighted by molar-refractivity contribution is -0.129. The Hall–Kier alpha value is -1.95. The zero-order valence-corrected chi connectivity index (χ0v) is 11.0. The molecule has 0 aliphatic rings.